The third-order valence-corrected chi connectivity index (χ3v) is 4.23. The normalized spacial score (nSPS) is 19.1. The number of hydrogen-bond donors (Lipinski definition) is 1. The molecule has 0 amide bonds. The van der Waals surface area contributed by atoms with E-state index in [0.29, 0.717) is 24.0 Å². The van der Waals surface area contributed by atoms with Crippen molar-refractivity contribution < 1.29 is 13.9 Å². The number of nitrogens with one attached hydrogen (secondary N) is 1. The predicted molar refractivity (Wildman–Crippen MR) is 93.8 cm³/mol. The average Bonchev–Trinajstić information content (AvgIpc) is 2.89. The maximum Gasteiger partial charge on any atom is 0.166 e. The van der Waals surface area contributed by atoms with Gasteiger partial charge in [0.25, 0.3) is 0 Å². The van der Waals surface area contributed by atoms with Crippen molar-refractivity contribution in [1.82, 2.24) is 15.2 Å². The number of halogens is 2. The molecule has 0 saturated heterocycles. The van der Waals surface area contributed by atoms with Crippen molar-refractivity contribution in [2.45, 2.75) is 19.2 Å². The number of likely N-dealkylation sites (N-methyl/N-ethyl adjacent to an activating group) is 1. The lowest BCUT2D eigenvalue weighted by molar-refractivity contribution is 0.0231. The van der Waals surface area contributed by atoms with Crippen LogP contribution in [0.2, 0.25) is 5.02 Å². The van der Waals surface area contributed by atoms with Crippen LogP contribution < -0.4 is 10.1 Å². The molecule has 0 radical (unpaired) electrons. The lowest BCUT2D eigenvalue weighted by Gasteiger charge is -2.33. The molecule has 2 heterocycles. The summed E-state index contributed by atoms with van der Waals surface area (Å²) in [4.78, 5) is 5.94. The fourth-order valence-corrected chi connectivity index (χ4v) is 2.56. The molecule has 1 unspecified atom stereocenters. The first-order chi connectivity index (χ1) is 12.0. The molecule has 3 rings (SSSR count). The van der Waals surface area contributed by atoms with Crippen LogP contribution in [0.15, 0.2) is 49.1 Å². The molecule has 132 valence electrons. The molecular formula is C18H19ClFN3O2. The fraction of sp³-hybridized carbons (Fsp3) is 0.278. The second kappa shape index (κ2) is 7.29. The van der Waals surface area contributed by atoms with Crippen molar-refractivity contribution in [2.75, 3.05) is 13.7 Å². The summed E-state index contributed by atoms with van der Waals surface area (Å²) in [6.07, 6.45) is 6.78. The van der Waals surface area contributed by atoms with Crippen LogP contribution in [0.25, 0.3) is 0 Å². The van der Waals surface area contributed by atoms with Crippen LogP contribution in [0, 0.1) is 5.82 Å². The highest BCUT2D eigenvalue weighted by atomic mass is 35.5. The van der Waals surface area contributed by atoms with E-state index in [9.17, 15) is 4.39 Å². The minimum Gasteiger partial charge on any atom is -0.453 e. The number of nitrogens with zero attached hydrogens (tertiary/aromatic N) is 2. The van der Waals surface area contributed by atoms with E-state index in [-0.39, 0.29) is 11.4 Å². The van der Waals surface area contributed by atoms with Crippen molar-refractivity contribution in [3.8, 4) is 11.5 Å². The summed E-state index contributed by atoms with van der Waals surface area (Å²) in [7, 11) is 1.97. The monoisotopic (exact) mass is 363 g/mol. The largest absolute Gasteiger partial charge is 0.453 e. The zero-order valence-electron chi connectivity index (χ0n) is 14.0. The Morgan fingerprint density at radius 2 is 2.16 bits per heavy atom. The van der Waals surface area contributed by atoms with Crippen molar-refractivity contribution in [2.24, 2.45) is 0 Å². The van der Waals surface area contributed by atoms with Gasteiger partial charge in [0.05, 0.1) is 24.4 Å². The maximum atomic E-state index is 14.2. The van der Waals surface area contributed by atoms with Gasteiger partial charge in [-0.1, -0.05) is 17.7 Å². The summed E-state index contributed by atoms with van der Waals surface area (Å²) in [5.74, 6) is 0.0254. The summed E-state index contributed by atoms with van der Waals surface area (Å²) in [5, 5.41) is 3.66. The molecule has 2 aromatic rings. The Morgan fingerprint density at radius 3 is 2.84 bits per heavy atom. The van der Waals surface area contributed by atoms with E-state index in [2.05, 4.69) is 10.3 Å². The van der Waals surface area contributed by atoms with Gasteiger partial charge in [0.2, 0.25) is 0 Å². The Kier molecular flexibility index (Phi) is 5.11. The molecule has 0 fully saturated rings. The van der Waals surface area contributed by atoms with Crippen molar-refractivity contribution in [1.29, 1.82) is 0 Å². The number of hydrogen-bond acceptors (Lipinski definition) is 5. The SMILES string of the molecule is CN1C=CNC1(C)COCc1ccc(Oc2cncc(Cl)c2)c(F)c1. The van der Waals surface area contributed by atoms with Crippen molar-refractivity contribution >= 4 is 11.6 Å². The Morgan fingerprint density at radius 1 is 1.32 bits per heavy atom. The topological polar surface area (TPSA) is 46.6 Å². The van der Waals surface area contributed by atoms with E-state index in [0.717, 1.165) is 5.56 Å². The van der Waals surface area contributed by atoms with Crippen LogP contribution in [-0.4, -0.2) is 29.2 Å². The van der Waals surface area contributed by atoms with Gasteiger partial charge in [-0.05, 0) is 24.6 Å². The molecule has 7 heteroatoms. The lowest BCUT2D eigenvalue weighted by atomic mass is 10.2. The van der Waals surface area contributed by atoms with Crippen LogP contribution in [0.1, 0.15) is 12.5 Å². The van der Waals surface area contributed by atoms with Gasteiger partial charge in [-0.15, -0.1) is 0 Å². The molecule has 1 aromatic heterocycles. The molecule has 25 heavy (non-hydrogen) atoms. The van der Waals surface area contributed by atoms with E-state index in [1.807, 2.05) is 31.3 Å². The summed E-state index contributed by atoms with van der Waals surface area (Å²) < 4.78 is 25.4. The first kappa shape index (κ1) is 17.5. The fourth-order valence-electron chi connectivity index (χ4n) is 2.40. The highest BCUT2D eigenvalue weighted by Crippen LogP contribution is 2.26. The van der Waals surface area contributed by atoms with Crippen molar-refractivity contribution in [3.05, 3.63) is 65.5 Å². The summed E-state index contributed by atoms with van der Waals surface area (Å²) >= 11 is 5.84. The molecule has 1 aromatic carbocycles. The zero-order chi connectivity index (χ0) is 17.9. The highest BCUT2D eigenvalue weighted by Gasteiger charge is 2.29. The Hall–Kier alpha value is -2.31. The van der Waals surface area contributed by atoms with Crippen LogP contribution >= 0.6 is 11.6 Å². The third kappa shape index (κ3) is 4.21. The molecule has 0 bridgehead atoms. The zero-order valence-corrected chi connectivity index (χ0v) is 14.8. The van der Waals surface area contributed by atoms with E-state index in [1.165, 1.54) is 18.5 Å². The molecule has 1 N–H and O–H groups in total. The van der Waals surface area contributed by atoms with Gasteiger partial charge in [-0.2, -0.15) is 0 Å². The maximum absolute atomic E-state index is 14.2. The van der Waals surface area contributed by atoms with E-state index in [4.69, 9.17) is 21.1 Å². The van der Waals surface area contributed by atoms with Crippen LogP contribution in [0.3, 0.4) is 0 Å². The molecule has 1 atom stereocenters. The van der Waals surface area contributed by atoms with Crippen LogP contribution in [-0.2, 0) is 11.3 Å². The Bertz CT molecular complexity index is 787. The number of ether oxygens (including phenoxy) is 2. The van der Waals surface area contributed by atoms with Crippen molar-refractivity contribution in [3.63, 3.8) is 0 Å². The van der Waals surface area contributed by atoms with E-state index < -0.39 is 5.82 Å². The van der Waals surface area contributed by atoms with Gasteiger partial charge in [0.15, 0.2) is 11.6 Å². The van der Waals surface area contributed by atoms with E-state index >= 15 is 0 Å². The molecule has 1 aliphatic rings. The molecule has 5 nitrogen and oxygen atoms in total. The standard InChI is InChI=1S/C18H19ClFN3O2/c1-18(22-5-6-23(18)2)12-24-11-13-3-4-17(16(20)7-13)25-15-8-14(19)9-21-10-15/h3-10,22H,11-12H2,1-2H3. The van der Waals surface area contributed by atoms with Gasteiger partial charge >= 0.3 is 0 Å². The van der Waals surface area contributed by atoms with E-state index in [1.54, 1.807) is 18.2 Å². The number of rotatable bonds is 6. The molecule has 0 saturated carbocycles. The second-order valence-electron chi connectivity index (χ2n) is 6.04. The number of benzene rings is 1. The summed E-state index contributed by atoms with van der Waals surface area (Å²) in [6.45, 7) is 2.80. The molecule has 1 aliphatic heterocycles. The minimum absolute atomic E-state index is 0.112. The minimum atomic E-state index is -0.468. The molecular weight excluding hydrogens is 345 g/mol. The smallest absolute Gasteiger partial charge is 0.166 e. The van der Waals surface area contributed by atoms with Gasteiger partial charge < -0.3 is 19.7 Å². The highest BCUT2D eigenvalue weighted by molar-refractivity contribution is 6.30. The average molecular weight is 364 g/mol. The first-order valence-corrected chi connectivity index (χ1v) is 8.16. The van der Waals surface area contributed by atoms with Gasteiger partial charge in [0, 0.05) is 31.7 Å². The van der Waals surface area contributed by atoms with Gasteiger partial charge in [0.1, 0.15) is 11.4 Å². The van der Waals surface area contributed by atoms with Gasteiger partial charge in [-0.3, -0.25) is 4.98 Å². The quantitative estimate of drug-likeness (QED) is 0.843. The molecule has 0 spiro atoms. The first-order valence-electron chi connectivity index (χ1n) is 7.78. The predicted octanol–water partition coefficient (Wildman–Crippen LogP) is 3.91. The summed E-state index contributed by atoms with van der Waals surface area (Å²) in [5.41, 5.74) is 0.438. The second-order valence-corrected chi connectivity index (χ2v) is 6.48. The Balaban J connectivity index is 1.58. The van der Waals surface area contributed by atoms with Crippen LogP contribution in [0.5, 0.6) is 11.5 Å². The van der Waals surface area contributed by atoms with Crippen LogP contribution in [0.4, 0.5) is 4.39 Å². The number of aromatic nitrogens is 1. The Labute approximate surface area is 151 Å². The number of pyridine rings is 1. The summed E-state index contributed by atoms with van der Waals surface area (Å²) in [6, 6.07) is 6.31. The third-order valence-electron chi connectivity index (χ3n) is 4.03. The molecule has 0 aliphatic carbocycles. The van der Waals surface area contributed by atoms with Gasteiger partial charge in [-0.25, -0.2) is 4.39 Å². The lowest BCUT2D eigenvalue weighted by Crippen LogP contribution is -2.50.